The van der Waals surface area contributed by atoms with Crippen molar-refractivity contribution in [3.05, 3.63) is 41.2 Å². The van der Waals surface area contributed by atoms with Gasteiger partial charge in [0, 0.05) is 23.5 Å². The van der Waals surface area contributed by atoms with Gasteiger partial charge in [-0.2, -0.15) is 0 Å². The van der Waals surface area contributed by atoms with Crippen LogP contribution in [0, 0.1) is 11.8 Å². The average molecular weight is 612 g/mol. The number of aliphatic hydroxyl groups is 1. The minimum atomic E-state index is -0.695. The summed E-state index contributed by atoms with van der Waals surface area (Å²) in [6.07, 6.45) is 7.76. The molecule has 0 bridgehead atoms. The van der Waals surface area contributed by atoms with E-state index in [2.05, 4.69) is 10.6 Å². The molecule has 1 aromatic heterocycles. The molecule has 10 heteroatoms. The number of carbonyl (C=O) groups is 3. The van der Waals surface area contributed by atoms with Crippen LogP contribution in [0.4, 0.5) is 14.9 Å². The highest BCUT2D eigenvalue weighted by Gasteiger charge is 2.43. The molecule has 2 saturated carbocycles. The van der Waals surface area contributed by atoms with Crippen molar-refractivity contribution in [1.82, 2.24) is 10.2 Å². The molecule has 2 aliphatic carbocycles. The number of aliphatic hydroxyl groups excluding tert-OH is 1. The molecule has 1 aromatic carbocycles. The van der Waals surface area contributed by atoms with Crippen molar-refractivity contribution in [1.29, 1.82) is 0 Å². The van der Waals surface area contributed by atoms with Crippen LogP contribution in [0.2, 0.25) is 0 Å². The van der Waals surface area contributed by atoms with Gasteiger partial charge in [-0.1, -0.05) is 12.0 Å². The lowest BCUT2D eigenvalue weighted by molar-refractivity contribution is -0.140. The van der Waals surface area contributed by atoms with E-state index in [1.54, 1.807) is 43.9 Å². The Bertz CT molecular complexity index is 1380. The molecule has 3 amide bonds. The number of halogens is 1. The Kier molecular flexibility index (Phi) is 9.97. The molecule has 3 N–H and O–H groups in total. The molecule has 0 spiro atoms. The van der Waals surface area contributed by atoms with Crippen LogP contribution in [0.15, 0.2) is 39.8 Å². The van der Waals surface area contributed by atoms with Crippen molar-refractivity contribution in [2.24, 2.45) is 11.8 Å². The van der Waals surface area contributed by atoms with Gasteiger partial charge in [0.25, 0.3) is 5.91 Å². The van der Waals surface area contributed by atoms with E-state index in [1.165, 1.54) is 12.0 Å². The molecule has 3 fully saturated rings. The summed E-state index contributed by atoms with van der Waals surface area (Å²) in [6, 6.07) is 5.79. The first-order valence-electron chi connectivity index (χ1n) is 16.1. The summed E-state index contributed by atoms with van der Waals surface area (Å²) in [5.41, 5.74) is 2.95. The quantitative estimate of drug-likeness (QED) is 0.312. The predicted molar refractivity (Wildman–Crippen MR) is 166 cm³/mol. The molecule has 1 aliphatic heterocycles. The van der Waals surface area contributed by atoms with Crippen LogP contribution in [0.3, 0.4) is 0 Å². The smallest absolute Gasteiger partial charge is 0.407 e. The number of nitrogens with zero attached hydrogens (tertiary/aromatic N) is 1. The Morgan fingerprint density at radius 3 is 2.45 bits per heavy atom. The van der Waals surface area contributed by atoms with Crippen molar-refractivity contribution in [3.8, 4) is 0 Å². The number of anilines is 1. The number of furan rings is 1. The fraction of sp³-hybridized carbons (Fsp3) is 0.618. The molecular formula is C34H46FN3O6. The molecule has 2 heterocycles. The van der Waals surface area contributed by atoms with Crippen LogP contribution < -0.4 is 10.6 Å². The van der Waals surface area contributed by atoms with Gasteiger partial charge in [0.2, 0.25) is 5.91 Å². The number of rotatable bonds is 7. The summed E-state index contributed by atoms with van der Waals surface area (Å²) in [5.74, 6) is -0.128. The van der Waals surface area contributed by atoms with E-state index in [1.807, 2.05) is 6.07 Å². The molecule has 44 heavy (non-hydrogen) atoms. The highest BCUT2D eigenvalue weighted by atomic mass is 19.1. The summed E-state index contributed by atoms with van der Waals surface area (Å²) in [5, 5.41) is 15.9. The van der Waals surface area contributed by atoms with E-state index in [9.17, 15) is 23.9 Å². The Balaban J connectivity index is 1.28. The molecule has 9 nitrogen and oxygen atoms in total. The van der Waals surface area contributed by atoms with E-state index in [0.717, 1.165) is 36.6 Å². The first-order valence-corrected chi connectivity index (χ1v) is 16.1. The van der Waals surface area contributed by atoms with Gasteiger partial charge in [-0.3, -0.25) is 9.59 Å². The number of alkyl carbamates (subject to hydrolysis) is 1. The maximum atomic E-state index is 14.0. The molecule has 3 aliphatic rings. The zero-order valence-electron chi connectivity index (χ0n) is 26.1. The predicted octanol–water partition coefficient (Wildman–Crippen LogP) is 6.39. The molecular weight excluding hydrogens is 565 g/mol. The van der Waals surface area contributed by atoms with E-state index < -0.39 is 30.5 Å². The second-order valence-corrected chi connectivity index (χ2v) is 13.5. The van der Waals surface area contributed by atoms with Gasteiger partial charge >= 0.3 is 6.09 Å². The molecule has 1 saturated heterocycles. The Morgan fingerprint density at radius 2 is 1.80 bits per heavy atom. The SMILES string of the molecule is CC(C)(C)OC(=O)NC(CF)C1CCC(C(=O)N2CCC(=C3CCCCC3)[C@H]2C(=O)Nc2ccc3oc(CO)cc3c2)CC1. The molecule has 240 valence electrons. The lowest BCUT2D eigenvalue weighted by atomic mass is 9.78. The largest absolute Gasteiger partial charge is 0.459 e. The zero-order valence-corrected chi connectivity index (χ0v) is 26.1. The number of amides is 3. The number of allylic oxidation sites excluding steroid dienone is 1. The van der Waals surface area contributed by atoms with E-state index in [0.29, 0.717) is 55.7 Å². The van der Waals surface area contributed by atoms with Gasteiger partial charge in [0.15, 0.2) is 0 Å². The maximum Gasteiger partial charge on any atom is 0.407 e. The van der Waals surface area contributed by atoms with Crippen molar-refractivity contribution in [2.75, 3.05) is 18.5 Å². The van der Waals surface area contributed by atoms with E-state index in [4.69, 9.17) is 9.15 Å². The second-order valence-electron chi connectivity index (χ2n) is 13.5. The van der Waals surface area contributed by atoms with Gasteiger partial charge in [-0.25, -0.2) is 9.18 Å². The van der Waals surface area contributed by atoms with Crippen molar-refractivity contribution in [3.63, 3.8) is 0 Å². The van der Waals surface area contributed by atoms with Gasteiger partial charge < -0.3 is 29.8 Å². The molecule has 5 rings (SSSR count). The summed E-state index contributed by atoms with van der Waals surface area (Å²) < 4.78 is 24.9. The summed E-state index contributed by atoms with van der Waals surface area (Å²) >= 11 is 0. The van der Waals surface area contributed by atoms with E-state index >= 15 is 0 Å². The zero-order chi connectivity index (χ0) is 31.4. The number of fused-ring (bicyclic) bond motifs is 1. The number of benzene rings is 1. The molecule has 2 atom stereocenters. The standard InChI is InChI=1S/C34H46FN3O6/c1-34(2,3)44-33(42)37-28(19-35)22-9-11-23(12-10-22)32(41)38-16-15-27(21-7-5-4-6-8-21)30(38)31(40)36-25-13-14-29-24(17-25)18-26(20-39)43-29/h13-14,17-18,22-23,28,30,39H,4-12,15-16,19-20H2,1-3H3,(H,36,40)(H,37,42)/t22?,23?,28?,30-/m0/s1. The van der Waals surface area contributed by atoms with Gasteiger partial charge in [-0.15, -0.1) is 0 Å². The molecule has 2 aromatic rings. The van der Waals surface area contributed by atoms with E-state index in [-0.39, 0.29) is 30.3 Å². The fourth-order valence-electron chi connectivity index (χ4n) is 7.11. The maximum absolute atomic E-state index is 14.0. The lowest BCUT2D eigenvalue weighted by Gasteiger charge is -2.35. The number of ether oxygens (including phenoxy) is 1. The van der Waals surface area contributed by atoms with Crippen molar-refractivity contribution < 1.29 is 33.0 Å². The van der Waals surface area contributed by atoms with Crippen molar-refractivity contribution in [2.45, 2.75) is 109 Å². The summed E-state index contributed by atoms with van der Waals surface area (Å²) in [6.45, 7) is 4.90. The van der Waals surface area contributed by atoms with Crippen molar-refractivity contribution >= 4 is 34.6 Å². The highest BCUT2D eigenvalue weighted by Crippen LogP contribution is 2.38. The third-order valence-corrected chi connectivity index (χ3v) is 9.26. The number of alkyl halides is 1. The van der Waals surface area contributed by atoms with Gasteiger partial charge in [0.05, 0.1) is 6.04 Å². The van der Waals surface area contributed by atoms with Crippen LogP contribution in [0.5, 0.6) is 0 Å². The number of hydrogen-bond donors (Lipinski definition) is 3. The second kappa shape index (κ2) is 13.7. The summed E-state index contributed by atoms with van der Waals surface area (Å²) in [7, 11) is 0. The number of hydrogen-bond acceptors (Lipinski definition) is 6. The normalized spacial score (nSPS) is 23.5. The highest BCUT2D eigenvalue weighted by molar-refractivity contribution is 6.01. The topological polar surface area (TPSA) is 121 Å². The van der Waals surface area contributed by atoms with Crippen LogP contribution in [-0.2, 0) is 20.9 Å². The first-order chi connectivity index (χ1) is 21.1. The van der Waals surface area contributed by atoms with Gasteiger partial charge in [0.1, 0.15) is 36.3 Å². The fourth-order valence-corrected chi connectivity index (χ4v) is 7.11. The Labute approximate surface area is 258 Å². The number of nitrogens with one attached hydrogen (secondary N) is 2. The molecule has 1 unspecified atom stereocenters. The third kappa shape index (κ3) is 7.45. The average Bonchev–Trinajstić information content (AvgIpc) is 3.63. The first kappa shape index (κ1) is 32.0. The minimum absolute atomic E-state index is 0.0233. The van der Waals surface area contributed by atoms with Crippen LogP contribution in [0.25, 0.3) is 11.0 Å². The van der Waals surface area contributed by atoms with Crippen LogP contribution in [0.1, 0.15) is 90.7 Å². The Hall–Kier alpha value is -3.40. The summed E-state index contributed by atoms with van der Waals surface area (Å²) in [4.78, 5) is 42.0. The third-order valence-electron chi connectivity index (χ3n) is 9.26. The molecule has 0 radical (unpaired) electrons. The Morgan fingerprint density at radius 1 is 1.07 bits per heavy atom. The number of carbonyl (C=O) groups excluding carboxylic acids is 3. The lowest BCUT2D eigenvalue weighted by Crippen LogP contribution is -2.48. The van der Waals surface area contributed by atoms with Crippen LogP contribution >= 0.6 is 0 Å². The van der Waals surface area contributed by atoms with Gasteiger partial charge in [-0.05, 0) is 114 Å². The monoisotopic (exact) mass is 611 g/mol. The van der Waals surface area contributed by atoms with Crippen LogP contribution in [-0.4, -0.2) is 58.8 Å². The number of likely N-dealkylation sites (tertiary alicyclic amines) is 1. The minimum Gasteiger partial charge on any atom is -0.459 e.